The molecule has 27 heavy (non-hydrogen) atoms. The maximum absolute atomic E-state index is 13.3. The molecule has 3 rings (SSSR count). The first-order valence-electron chi connectivity index (χ1n) is 8.35. The Balaban J connectivity index is 1.62. The van der Waals surface area contributed by atoms with E-state index >= 15 is 0 Å². The Morgan fingerprint density at radius 3 is 2.44 bits per heavy atom. The topological polar surface area (TPSA) is 69.7 Å². The zero-order valence-corrected chi connectivity index (χ0v) is 16.2. The van der Waals surface area contributed by atoms with Gasteiger partial charge in [-0.3, -0.25) is 0 Å². The predicted molar refractivity (Wildman–Crippen MR) is 102 cm³/mol. The molecular weight excluding hydrogens is 393 g/mol. The summed E-state index contributed by atoms with van der Waals surface area (Å²) in [4.78, 5) is 13.8. The van der Waals surface area contributed by atoms with Crippen molar-refractivity contribution in [3.05, 3.63) is 58.9 Å². The molecule has 2 aromatic carbocycles. The lowest BCUT2D eigenvalue weighted by atomic mass is 10.2. The van der Waals surface area contributed by atoms with Crippen LogP contribution in [0.3, 0.4) is 0 Å². The van der Waals surface area contributed by atoms with Gasteiger partial charge >= 0.3 is 6.03 Å². The third kappa shape index (κ3) is 4.40. The highest BCUT2D eigenvalue weighted by molar-refractivity contribution is 7.89. The highest BCUT2D eigenvalue weighted by atomic mass is 35.5. The molecule has 1 aliphatic rings. The van der Waals surface area contributed by atoms with Crippen LogP contribution in [0.25, 0.3) is 0 Å². The number of nitrogens with zero attached hydrogens (tertiary/aromatic N) is 2. The molecule has 0 bridgehead atoms. The molecule has 1 N–H and O–H groups in total. The van der Waals surface area contributed by atoms with Crippen LogP contribution in [-0.2, 0) is 10.0 Å². The van der Waals surface area contributed by atoms with E-state index in [1.54, 1.807) is 18.2 Å². The first-order chi connectivity index (χ1) is 12.8. The normalized spacial score (nSPS) is 15.6. The van der Waals surface area contributed by atoms with Crippen molar-refractivity contribution in [2.75, 3.05) is 31.5 Å². The van der Waals surface area contributed by atoms with E-state index in [2.05, 4.69) is 5.32 Å². The molecule has 2 amide bonds. The molecule has 6 nitrogen and oxygen atoms in total. The molecule has 9 heteroatoms. The van der Waals surface area contributed by atoms with Crippen LogP contribution < -0.4 is 5.32 Å². The van der Waals surface area contributed by atoms with E-state index in [0.29, 0.717) is 10.7 Å². The van der Waals surface area contributed by atoms with Gasteiger partial charge in [0.25, 0.3) is 0 Å². The van der Waals surface area contributed by atoms with Crippen molar-refractivity contribution in [1.82, 2.24) is 9.21 Å². The summed E-state index contributed by atoms with van der Waals surface area (Å²) in [7, 11) is -3.79. The monoisotopic (exact) mass is 411 g/mol. The maximum atomic E-state index is 13.3. The fourth-order valence-electron chi connectivity index (χ4n) is 2.78. The third-order valence-corrected chi connectivity index (χ3v) is 6.68. The van der Waals surface area contributed by atoms with E-state index in [4.69, 9.17) is 11.6 Å². The van der Waals surface area contributed by atoms with Gasteiger partial charge < -0.3 is 10.2 Å². The summed E-state index contributed by atoms with van der Waals surface area (Å²) in [5.74, 6) is -0.606. The number of halogens is 2. The molecule has 0 atom stereocenters. The van der Waals surface area contributed by atoms with Gasteiger partial charge in [-0.1, -0.05) is 23.7 Å². The SMILES string of the molecule is Cc1ccc(NC(=O)N2CCN(S(=O)(=O)c3cccc(F)c3)CC2)cc1Cl. The van der Waals surface area contributed by atoms with E-state index < -0.39 is 15.8 Å². The van der Waals surface area contributed by atoms with Gasteiger partial charge in [0.1, 0.15) is 5.82 Å². The number of hydrogen-bond donors (Lipinski definition) is 1. The summed E-state index contributed by atoms with van der Waals surface area (Å²) < 4.78 is 39.8. The van der Waals surface area contributed by atoms with Crippen molar-refractivity contribution in [1.29, 1.82) is 0 Å². The zero-order valence-electron chi connectivity index (χ0n) is 14.7. The second-order valence-electron chi connectivity index (χ2n) is 6.24. The van der Waals surface area contributed by atoms with E-state index in [9.17, 15) is 17.6 Å². The largest absolute Gasteiger partial charge is 0.322 e. The number of aryl methyl sites for hydroxylation is 1. The average Bonchev–Trinajstić information content (AvgIpc) is 2.65. The van der Waals surface area contributed by atoms with Crippen molar-refractivity contribution >= 4 is 33.3 Å². The number of hydrogen-bond acceptors (Lipinski definition) is 3. The standard InChI is InChI=1S/C18H19ClFN3O3S/c1-13-5-6-15(12-17(13)19)21-18(24)22-7-9-23(10-8-22)27(25,26)16-4-2-3-14(20)11-16/h2-6,11-12H,7-10H2,1H3,(H,21,24). The van der Waals surface area contributed by atoms with Gasteiger partial charge in [0, 0.05) is 36.9 Å². The Hall–Kier alpha value is -2.16. The summed E-state index contributed by atoms with van der Waals surface area (Å²) in [5, 5.41) is 3.31. The first-order valence-corrected chi connectivity index (χ1v) is 10.2. The van der Waals surface area contributed by atoms with Gasteiger partial charge in [0.15, 0.2) is 0 Å². The van der Waals surface area contributed by atoms with Crippen LogP contribution >= 0.6 is 11.6 Å². The summed E-state index contributed by atoms with van der Waals surface area (Å²) in [6.07, 6.45) is 0. The fraction of sp³-hybridized carbons (Fsp3) is 0.278. The minimum Gasteiger partial charge on any atom is -0.322 e. The van der Waals surface area contributed by atoms with E-state index in [-0.39, 0.29) is 37.1 Å². The van der Waals surface area contributed by atoms with E-state index in [0.717, 1.165) is 11.6 Å². The van der Waals surface area contributed by atoms with Crippen LogP contribution in [0, 0.1) is 12.7 Å². The number of carbonyl (C=O) groups is 1. The molecule has 0 aliphatic carbocycles. The minimum absolute atomic E-state index is 0.0882. The Bertz CT molecular complexity index is 960. The maximum Gasteiger partial charge on any atom is 0.321 e. The van der Waals surface area contributed by atoms with Gasteiger partial charge in [-0.05, 0) is 42.8 Å². The number of piperazine rings is 1. The molecule has 0 aromatic heterocycles. The molecule has 0 radical (unpaired) electrons. The van der Waals surface area contributed by atoms with Gasteiger partial charge in [-0.25, -0.2) is 17.6 Å². The molecular formula is C18H19ClFN3O3S. The molecule has 144 valence electrons. The quantitative estimate of drug-likeness (QED) is 0.842. The molecule has 1 aliphatic heterocycles. The lowest BCUT2D eigenvalue weighted by Crippen LogP contribution is -2.51. The predicted octanol–water partition coefficient (Wildman–Crippen LogP) is 3.33. The number of rotatable bonds is 3. The van der Waals surface area contributed by atoms with Gasteiger partial charge in [0.2, 0.25) is 10.0 Å². The second kappa shape index (κ2) is 7.84. The summed E-state index contributed by atoms with van der Waals surface area (Å²) >= 11 is 6.06. The summed E-state index contributed by atoms with van der Waals surface area (Å²) in [6, 6.07) is 9.81. The molecule has 0 unspecified atom stereocenters. The highest BCUT2D eigenvalue weighted by Crippen LogP contribution is 2.21. The summed E-state index contributed by atoms with van der Waals surface area (Å²) in [6.45, 7) is 2.62. The summed E-state index contributed by atoms with van der Waals surface area (Å²) in [5.41, 5.74) is 1.48. The highest BCUT2D eigenvalue weighted by Gasteiger charge is 2.30. The van der Waals surface area contributed by atoms with Crippen LogP contribution in [0.4, 0.5) is 14.9 Å². The van der Waals surface area contributed by atoms with Crippen molar-refractivity contribution < 1.29 is 17.6 Å². The van der Waals surface area contributed by atoms with E-state index in [1.807, 2.05) is 6.92 Å². The van der Waals surface area contributed by atoms with Crippen molar-refractivity contribution in [3.63, 3.8) is 0 Å². The molecule has 0 spiro atoms. The van der Waals surface area contributed by atoms with Crippen LogP contribution in [0.1, 0.15) is 5.56 Å². The molecule has 1 saturated heterocycles. The number of sulfonamides is 1. The fourth-order valence-corrected chi connectivity index (χ4v) is 4.42. The Kier molecular flexibility index (Phi) is 5.69. The number of amides is 2. The van der Waals surface area contributed by atoms with Gasteiger partial charge in [-0.15, -0.1) is 0 Å². The van der Waals surface area contributed by atoms with Crippen LogP contribution in [0.15, 0.2) is 47.4 Å². The Labute approximate surface area is 162 Å². The number of urea groups is 1. The first kappa shape index (κ1) is 19.6. The van der Waals surface area contributed by atoms with Gasteiger partial charge in [0.05, 0.1) is 4.90 Å². The second-order valence-corrected chi connectivity index (χ2v) is 8.59. The Morgan fingerprint density at radius 1 is 1.11 bits per heavy atom. The number of nitrogens with one attached hydrogen (secondary N) is 1. The van der Waals surface area contributed by atoms with Crippen molar-refractivity contribution in [3.8, 4) is 0 Å². The number of anilines is 1. The lowest BCUT2D eigenvalue weighted by molar-refractivity contribution is 0.184. The van der Waals surface area contributed by atoms with Crippen molar-refractivity contribution in [2.45, 2.75) is 11.8 Å². The van der Waals surface area contributed by atoms with Crippen LogP contribution in [0.5, 0.6) is 0 Å². The molecule has 1 fully saturated rings. The van der Waals surface area contributed by atoms with E-state index in [1.165, 1.54) is 27.4 Å². The third-order valence-electron chi connectivity index (χ3n) is 4.38. The number of benzene rings is 2. The van der Waals surface area contributed by atoms with Gasteiger partial charge in [-0.2, -0.15) is 4.31 Å². The van der Waals surface area contributed by atoms with Crippen LogP contribution in [0.2, 0.25) is 5.02 Å². The zero-order chi connectivity index (χ0) is 19.6. The lowest BCUT2D eigenvalue weighted by Gasteiger charge is -2.34. The Morgan fingerprint density at radius 2 is 1.81 bits per heavy atom. The molecule has 2 aromatic rings. The number of carbonyl (C=O) groups excluding carboxylic acids is 1. The minimum atomic E-state index is -3.79. The average molecular weight is 412 g/mol. The molecule has 0 saturated carbocycles. The van der Waals surface area contributed by atoms with Crippen LogP contribution in [-0.4, -0.2) is 49.8 Å². The smallest absolute Gasteiger partial charge is 0.321 e. The van der Waals surface area contributed by atoms with Crippen molar-refractivity contribution in [2.24, 2.45) is 0 Å². The molecule has 1 heterocycles.